The van der Waals surface area contributed by atoms with Gasteiger partial charge in [0, 0.05) is 19.3 Å². The molecular weight excluding hydrogens is 757 g/mol. The van der Waals surface area contributed by atoms with E-state index in [-0.39, 0.29) is 37.5 Å². The predicted molar refractivity (Wildman–Crippen MR) is 260 cm³/mol. The molecule has 1 unspecified atom stereocenters. The zero-order chi connectivity index (χ0) is 44.4. The molecule has 0 fully saturated rings. The molecule has 0 saturated carbocycles. The first-order chi connectivity index (χ1) is 30.0. The SMILES string of the molecule is CC\C=C/C=C\C=C/C=C\C=C\C=C/CCCCCC(=O)OCC(COC(=O)CCCCCCC/C=C\C/C=C\CC)OC(=O)CCCCCC/C=C\C/C=C\C/C=C\CC. The fourth-order valence-corrected chi connectivity index (χ4v) is 5.82. The third-order valence-corrected chi connectivity index (χ3v) is 9.29. The Labute approximate surface area is 373 Å². The molecule has 0 radical (unpaired) electrons. The third kappa shape index (κ3) is 46.5. The van der Waals surface area contributed by atoms with Gasteiger partial charge in [0.1, 0.15) is 13.2 Å². The predicted octanol–water partition coefficient (Wildman–Crippen LogP) is 15.5. The van der Waals surface area contributed by atoms with E-state index < -0.39 is 6.10 Å². The normalized spacial score (nSPS) is 13.3. The smallest absolute Gasteiger partial charge is 0.306 e. The fraction of sp³-hybridized carbons (Fsp3) is 0.545. The van der Waals surface area contributed by atoms with E-state index in [9.17, 15) is 14.4 Å². The molecule has 6 nitrogen and oxygen atoms in total. The molecule has 0 heterocycles. The molecule has 0 aromatic carbocycles. The minimum atomic E-state index is -0.818. The van der Waals surface area contributed by atoms with Gasteiger partial charge >= 0.3 is 17.9 Å². The average molecular weight is 841 g/mol. The van der Waals surface area contributed by atoms with Crippen molar-refractivity contribution in [1.82, 2.24) is 0 Å². The van der Waals surface area contributed by atoms with Crippen LogP contribution in [0.3, 0.4) is 0 Å². The number of esters is 3. The summed E-state index contributed by atoms with van der Waals surface area (Å²) in [7, 11) is 0. The van der Waals surface area contributed by atoms with Crippen molar-refractivity contribution >= 4 is 17.9 Å². The summed E-state index contributed by atoms with van der Waals surface area (Å²) in [6.07, 6.45) is 67.1. The van der Waals surface area contributed by atoms with Crippen LogP contribution in [0.5, 0.6) is 0 Å². The lowest BCUT2D eigenvalue weighted by atomic mass is 10.1. The van der Waals surface area contributed by atoms with Crippen molar-refractivity contribution in [2.45, 2.75) is 181 Å². The Morgan fingerprint density at radius 3 is 1.13 bits per heavy atom. The van der Waals surface area contributed by atoms with Crippen molar-refractivity contribution in [2.24, 2.45) is 0 Å². The Kier molecular flexibility index (Phi) is 44.7. The molecule has 6 heteroatoms. The van der Waals surface area contributed by atoms with Crippen LogP contribution in [-0.4, -0.2) is 37.2 Å². The molecule has 340 valence electrons. The van der Waals surface area contributed by atoms with Gasteiger partial charge in [-0.2, -0.15) is 0 Å². The summed E-state index contributed by atoms with van der Waals surface area (Å²) >= 11 is 0. The van der Waals surface area contributed by atoms with Crippen molar-refractivity contribution in [1.29, 1.82) is 0 Å². The lowest BCUT2D eigenvalue weighted by Crippen LogP contribution is -2.30. The van der Waals surface area contributed by atoms with Crippen LogP contribution in [-0.2, 0) is 28.6 Å². The van der Waals surface area contributed by atoms with Gasteiger partial charge in [0.25, 0.3) is 0 Å². The van der Waals surface area contributed by atoms with E-state index in [0.29, 0.717) is 12.8 Å². The second-order valence-electron chi connectivity index (χ2n) is 15.0. The van der Waals surface area contributed by atoms with Crippen LogP contribution >= 0.6 is 0 Å². The number of ether oxygens (including phenoxy) is 3. The second-order valence-corrected chi connectivity index (χ2v) is 15.0. The molecule has 0 spiro atoms. The van der Waals surface area contributed by atoms with Crippen molar-refractivity contribution in [2.75, 3.05) is 13.2 Å². The van der Waals surface area contributed by atoms with Gasteiger partial charge in [-0.05, 0) is 96.3 Å². The molecule has 0 saturated heterocycles. The summed E-state index contributed by atoms with van der Waals surface area (Å²) in [5, 5.41) is 0. The van der Waals surface area contributed by atoms with E-state index in [2.05, 4.69) is 93.7 Å². The van der Waals surface area contributed by atoms with Crippen LogP contribution in [0.4, 0.5) is 0 Å². The summed E-state index contributed by atoms with van der Waals surface area (Å²) in [6.45, 7) is 6.16. The second kappa shape index (κ2) is 48.2. The van der Waals surface area contributed by atoms with E-state index in [1.54, 1.807) is 0 Å². The average Bonchev–Trinajstić information content (AvgIpc) is 3.26. The van der Waals surface area contributed by atoms with Gasteiger partial charge in [-0.3, -0.25) is 14.4 Å². The van der Waals surface area contributed by atoms with Crippen molar-refractivity contribution in [3.05, 3.63) is 134 Å². The van der Waals surface area contributed by atoms with E-state index in [4.69, 9.17) is 14.2 Å². The summed E-state index contributed by atoms with van der Waals surface area (Å²) < 4.78 is 16.7. The highest BCUT2D eigenvalue weighted by Gasteiger charge is 2.19. The highest BCUT2D eigenvalue weighted by molar-refractivity contribution is 5.71. The van der Waals surface area contributed by atoms with Gasteiger partial charge in [-0.25, -0.2) is 0 Å². The Morgan fingerprint density at radius 2 is 0.672 bits per heavy atom. The summed E-state index contributed by atoms with van der Waals surface area (Å²) in [5.74, 6) is -1.01. The molecule has 1 atom stereocenters. The first-order valence-electron chi connectivity index (χ1n) is 23.8. The maximum absolute atomic E-state index is 12.8. The zero-order valence-corrected chi connectivity index (χ0v) is 38.6. The summed E-state index contributed by atoms with van der Waals surface area (Å²) in [6, 6.07) is 0. The van der Waals surface area contributed by atoms with Gasteiger partial charge in [-0.1, -0.05) is 193 Å². The van der Waals surface area contributed by atoms with Crippen LogP contribution in [0.15, 0.2) is 134 Å². The van der Waals surface area contributed by atoms with E-state index >= 15 is 0 Å². The monoisotopic (exact) mass is 841 g/mol. The molecule has 0 amide bonds. The first kappa shape index (κ1) is 56.5. The number of unbranched alkanes of at least 4 members (excludes halogenated alkanes) is 12. The Balaban J connectivity index is 4.57. The number of hydrogen-bond acceptors (Lipinski definition) is 6. The van der Waals surface area contributed by atoms with E-state index in [1.807, 2.05) is 60.8 Å². The molecule has 0 aromatic rings. The van der Waals surface area contributed by atoms with E-state index in [1.165, 1.54) is 0 Å². The highest BCUT2D eigenvalue weighted by atomic mass is 16.6. The standard InChI is InChI=1S/C55H84O6/c1-4-7-10-13-16-19-22-25-27-28-29-31-33-36-39-42-45-48-54(57)60-51-52(50-59-53(56)47-44-41-38-35-32-24-21-18-15-12-9-6-3)61-55(58)49-46-43-40-37-34-30-26-23-20-17-14-11-8-5-2/h7-13,16-22,25-31,33,52H,4-6,14-15,23-24,32,34-51H2,1-3H3/b10-7-,11-8-,12-9-,16-13-,20-17-,21-18-,22-19-,27-25-,29-28+,30-26-,33-31-. The van der Waals surface area contributed by atoms with Gasteiger partial charge in [-0.15, -0.1) is 0 Å². The Bertz CT molecular complexity index is 1380. The van der Waals surface area contributed by atoms with Crippen LogP contribution in [0.25, 0.3) is 0 Å². The molecule has 0 aliphatic rings. The van der Waals surface area contributed by atoms with E-state index in [0.717, 1.165) is 135 Å². The number of carbonyl (C=O) groups is 3. The number of hydrogen-bond donors (Lipinski definition) is 0. The first-order valence-corrected chi connectivity index (χ1v) is 23.8. The van der Waals surface area contributed by atoms with Crippen molar-refractivity contribution in [3.63, 3.8) is 0 Å². The molecule has 0 N–H and O–H groups in total. The lowest BCUT2D eigenvalue weighted by Gasteiger charge is -2.18. The summed E-state index contributed by atoms with van der Waals surface area (Å²) in [5.41, 5.74) is 0. The van der Waals surface area contributed by atoms with Crippen molar-refractivity contribution in [3.8, 4) is 0 Å². The Morgan fingerprint density at radius 1 is 0.344 bits per heavy atom. The van der Waals surface area contributed by atoms with Gasteiger partial charge < -0.3 is 14.2 Å². The quantitative estimate of drug-likeness (QED) is 0.0201. The van der Waals surface area contributed by atoms with Gasteiger partial charge in [0.2, 0.25) is 0 Å². The van der Waals surface area contributed by atoms with Gasteiger partial charge in [0.05, 0.1) is 0 Å². The molecule has 0 aliphatic carbocycles. The lowest BCUT2D eigenvalue weighted by molar-refractivity contribution is -0.167. The number of carbonyl (C=O) groups excluding carboxylic acids is 3. The molecule has 0 aromatic heterocycles. The van der Waals surface area contributed by atoms with Crippen LogP contribution in [0.1, 0.15) is 175 Å². The maximum atomic E-state index is 12.8. The topological polar surface area (TPSA) is 78.9 Å². The number of rotatable bonds is 40. The maximum Gasteiger partial charge on any atom is 0.306 e. The fourth-order valence-electron chi connectivity index (χ4n) is 5.82. The van der Waals surface area contributed by atoms with Crippen molar-refractivity contribution < 1.29 is 28.6 Å². The largest absolute Gasteiger partial charge is 0.462 e. The minimum absolute atomic E-state index is 0.115. The minimum Gasteiger partial charge on any atom is -0.462 e. The van der Waals surface area contributed by atoms with Gasteiger partial charge in [0.15, 0.2) is 6.10 Å². The highest BCUT2D eigenvalue weighted by Crippen LogP contribution is 2.12. The zero-order valence-electron chi connectivity index (χ0n) is 38.6. The van der Waals surface area contributed by atoms with Crippen LogP contribution in [0, 0.1) is 0 Å². The molecule has 61 heavy (non-hydrogen) atoms. The molecule has 0 bridgehead atoms. The molecule has 0 aliphatic heterocycles. The molecule has 0 rings (SSSR count). The summed E-state index contributed by atoms with van der Waals surface area (Å²) in [4.78, 5) is 37.9. The third-order valence-electron chi connectivity index (χ3n) is 9.29. The Hall–Kier alpha value is -4.45. The van der Waals surface area contributed by atoms with Crippen LogP contribution < -0.4 is 0 Å². The number of allylic oxidation sites excluding steroid dienone is 22. The molecular formula is C55H84O6. The van der Waals surface area contributed by atoms with Crippen LogP contribution in [0.2, 0.25) is 0 Å².